The molecule has 2 rings (SSSR count). The number of nitrogens with zero attached hydrogens (tertiary/aromatic N) is 1. The molecule has 0 spiro atoms. The molecule has 0 radical (unpaired) electrons. The molecule has 6 nitrogen and oxygen atoms in total. The molecule has 0 aliphatic carbocycles. The monoisotopic (exact) mass is 249 g/mol. The lowest BCUT2D eigenvalue weighted by Gasteiger charge is -2.24. The largest absolute Gasteiger partial charge is 0.482 e. The molecule has 1 heterocycles. The minimum Gasteiger partial charge on any atom is -0.482 e. The van der Waals surface area contributed by atoms with Crippen LogP contribution in [0.5, 0.6) is 5.75 Å². The predicted molar refractivity (Wildman–Crippen MR) is 66.2 cm³/mol. The van der Waals surface area contributed by atoms with Gasteiger partial charge < -0.3 is 15.8 Å². The molecular formula is C12H15N3O3. The Bertz CT molecular complexity index is 499. The second-order valence-corrected chi connectivity index (χ2v) is 4.36. The second kappa shape index (κ2) is 4.66. The van der Waals surface area contributed by atoms with Gasteiger partial charge in [0.1, 0.15) is 11.8 Å². The maximum absolute atomic E-state index is 11.4. The van der Waals surface area contributed by atoms with E-state index >= 15 is 0 Å². The van der Waals surface area contributed by atoms with Crippen molar-refractivity contribution in [2.75, 3.05) is 26.0 Å². The van der Waals surface area contributed by atoms with Gasteiger partial charge in [-0.3, -0.25) is 14.5 Å². The van der Waals surface area contributed by atoms with Crippen molar-refractivity contribution < 1.29 is 14.3 Å². The van der Waals surface area contributed by atoms with Crippen molar-refractivity contribution in [3.05, 3.63) is 23.8 Å². The molecule has 1 aliphatic rings. The second-order valence-electron chi connectivity index (χ2n) is 4.36. The van der Waals surface area contributed by atoms with Crippen LogP contribution in [0.25, 0.3) is 0 Å². The highest BCUT2D eigenvalue weighted by atomic mass is 16.5. The number of nitrogens with one attached hydrogen (secondary N) is 1. The third-order valence-corrected chi connectivity index (χ3v) is 2.74. The van der Waals surface area contributed by atoms with Crippen molar-refractivity contribution in [3.63, 3.8) is 0 Å². The maximum atomic E-state index is 11.4. The Morgan fingerprint density at radius 3 is 2.83 bits per heavy atom. The van der Waals surface area contributed by atoms with Gasteiger partial charge in [-0.15, -0.1) is 0 Å². The van der Waals surface area contributed by atoms with Crippen molar-refractivity contribution in [2.45, 2.75) is 6.04 Å². The maximum Gasteiger partial charge on any atom is 0.262 e. The van der Waals surface area contributed by atoms with Gasteiger partial charge >= 0.3 is 0 Å². The van der Waals surface area contributed by atoms with Gasteiger partial charge in [0, 0.05) is 0 Å². The zero-order valence-electron chi connectivity index (χ0n) is 10.3. The van der Waals surface area contributed by atoms with E-state index in [-0.39, 0.29) is 12.5 Å². The molecule has 1 unspecified atom stereocenters. The number of hydrogen-bond donors (Lipinski definition) is 2. The third kappa shape index (κ3) is 2.28. The molecule has 0 saturated carbocycles. The smallest absolute Gasteiger partial charge is 0.262 e. The Kier molecular flexibility index (Phi) is 3.20. The number of anilines is 1. The molecule has 0 bridgehead atoms. The van der Waals surface area contributed by atoms with Gasteiger partial charge in [-0.1, -0.05) is 6.07 Å². The van der Waals surface area contributed by atoms with Crippen LogP contribution < -0.4 is 15.8 Å². The molecule has 6 heteroatoms. The van der Waals surface area contributed by atoms with E-state index in [1.807, 2.05) is 0 Å². The van der Waals surface area contributed by atoms with Crippen LogP contribution in [0.3, 0.4) is 0 Å². The van der Waals surface area contributed by atoms with Gasteiger partial charge in [0.25, 0.3) is 5.91 Å². The van der Waals surface area contributed by atoms with Gasteiger partial charge in [-0.2, -0.15) is 0 Å². The Balaban J connectivity index is 2.38. The van der Waals surface area contributed by atoms with E-state index in [9.17, 15) is 9.59 Å². The molecule has 0 fully saturated rings. The van der Waals surface area contributed by atoms with Crippen LogP contribution >= 0.6 is 0 Å². The molecule has 1 aromatic carbocycles. The van der Waals surface area contributed by atoms with Crippen molar-refractivity contribution in [2.24, 2.45) is 5.73 Å². The summed E-state index contributed by atoms with van der Waals surface area (Å²) in [5, 5.41) is 2.70. The van der Waals surface area contributed by atoms with Gasteiger partial charge in [0.15, 0.2) is 6.61 Å². The average molecular weight is 249 g/mol. The van der Waals surface area contributed by atoms with Gasteiger partial charge in [-0.05, 0) is 31.8 Å². The topological polar surface area (TPSA) is 84.7 Å². The average Bonchev–Trinajstić information content (AvgIpc) is 2.27. The van der Waals surface area contributed by atoms with Gasteiger partial charge in [0.05, 0.1) is 5.69 Å². The number of likely N-dealkylation sites (N-methyl/N-ethyl adjacent to an activating group) is 1. The number of primary amides is 1. The van der Waals surface area contributed by atoms with E-state index in [1.165, 1.54) is 0 Å². The van der Waals surface area contributed by atoms with E-state index in [4.69, 9.17) is 10.5 Å². The summed E-state index contributed by atoms with van der Waals surface area (Å²) in [4.78, 5) is 24.4. The Morgan fingerprint density at radius 1 is 1.50 bits per heavy atom. The summed E-state index contributed by atoms with van der Waals surface area (Å²) in [6.45, 7) is 0.0132. The van der Waals surface area contributed by atoms with E-state index in [1.54, 1.807) is 37.2 Å². The fourth-order valence-electron chi connectivity index (χ4n) is 1.99. The number of carbonyl (C=O) groups excluding carboxylic acids is 2. The number of benzene rings is 1. The summed E-state index contributed by atoms with van der Waals surface area (Å²) < 4.78 is 5.25. The van der Waals surface area contributed by atoms with Crippen LogP contribution in [0.1, 0.15) is 11.6 Å². The highest BCUT2D eigenvalue weighted by Crippen LogP contribution is 2.31. The number of hydrogen-bond acceptors (Lipinski definition) is 4. The molecule has 1 aromatic rings. The first-order valence-corrected chi connectivity index (χ1v) is 5.51. The van der Waals surface area contributed by atoms with Gasteiger partial charge in [-0.25, -0.2) is 0 Å². The van der Waals surface area contributed by atoms with Crippen molar-refractivity contribution in [3.8, 4) is 5.75 Å². The lowest BCUT2D eigenvalue weighted by Crippen LogP contribution is -2.33. The summed E-state index contributed by atoms with van der Waals surface area (Å²) >= 11 is 0. The first-order valence-electron chi connectivity index (χ1n) is 5.51. The van der Waals surface area contributed by atoms with Crippen LogP contribution in [0.15, 0.2) is 18.2 Å². The Labute approximate surface area is 105 Å². The van der Waals surface area contributed by atoms with Crippen molar-refractivity contribution in [1.82, 2.24) is 4.90 Å². The first-order chi connectivity index (χ1) is 8.49. The zero-order valence-corrected chi connectivity index (χ0v) is 10.3. The summed E-state index contributed by atoms with van der Waals surface area (Å²) in [6.07, 6.45) is 0. The fraction of sp³-hybridized carbons (Fsp3) is 0.333. The minimum atomic E-state index is -0.533. The lowest BCUT2D eigenvalue weighted by molar-refractivity contribution is -0.122. The van der Waals surface area contributed by atoms with Crippen LogP contribution in [0.2, 0.25) is 0 Å². The summed E-state index contributed by atoms with van der Waals surface area (Å²) in [6, 6.07) is 4.67. The molecule has 0 saturated heterocycles. The molecule has 18 heavy (non-hydrogen) atoms. The Hall–Kier alpha value is -2.08. The molecule has 0 aromatic heterocycles. The fourth-order valence-corrected chi connectivity index (χ4v) is 1.99. The number of ether oxygens (including phenoxy) is 1. The van der Waals surface area contributed by atoms with E-state index in [0.717, 1.165) is 5.56 Å². The minimum absolute atomic E-state index is 0.0132. The molecular weight excluding hydrogens is 234 g/mol. The molecule has 1 aliphatic heterocycles. The highest BCUT2D eigenvalue weighted by Gasteiger charge is 2.23. The third-order valence-electron chi connectivity index (χ3n) is 2.74. The van der Waals surface area contributed by atoms with Crippen LogP contribution in [-0.4, -0.2) is 37.4 Å². The summed E-state index contributed by atoms with van der Waals surface area (Å²) in [7, 11) is 3.54. The first kappa shape index (κ1) is 12.4. The standard InChI is InChI=1S/C12H15N3O3/c1-15(2)11(12(13)17)7-3-4-9-8(5-7)14-10(16)6-18-9/h3-5,11H,6H2,1-2H3,(H2,13,17)(H,14,16). The predicted octanol–water partition coefficient (Wildman–Crippen LogP) is 0.105. The van der Waals surface area contributed by atoms with Crippen LogP contribution in [0.4, 0.5) is 5.69 Å². The SMILES string of the molecule is CN(C)C(C(N)=O)c1ccc2c(c1)NC(=O)CO2. The van der Waals surface area contributed by atoms with Crippen molar-refractivity contribution in [1.29, 1.82) is 0 Å². The molecule has 96 valence electrons. The highest BCUT2D eigenvalue weighted by molar-refractivity contribution is 5.95. The number of nitrogens with two attached hydrogens (primary N) is 1. The number of fused-ring (bicyclic) bond motifs is 1. The number of rotatable bonds is 3. The van der Waals surface area contributed by atoms with Gasteiger partial charge in [0.2, 0.25) is 5.91 Å². The number of amides is 2. The molecule has 2 amide bonds. The molecule has 3 N–H and O–H groups in total. The Morgan fingerprint density at radius 2 is 2.22 bits per heavy atom. The van der Waals surface area contributed by atoms with Crippen LogP contribution in [0, 0.1) is 0 Å². The van der Waals surface area contributed by atoms with E-state index in [2.05, 4.69) is 5.32 Å². The number of carbonyl (C=O) groups is 2. The molecule has 1 atom stereocenters. The van der Waals surface area contributed by atoms with E-state index < -0.39 is 11.9 Å². The van der Waals surface area contributed by atoms with Crippen LogP contribution in [-0.2, 0) is 9.59 Å². The summed E-state index contributed by atoms with van der Waals surface area (Å²) in [5.74, 6) is -0.0524. The zero-order chi connectivity index (χ0) is 13.3. The summed E-state index contributed by atoms with van der Waals surface area (Å²) in [5.41, 5.74) is 6.66. The quantitative estimate of drug-likeness (QED) is 0.796. The van der Waals surface area contributed by atoms with E-state index in [0.29, 0.717) is 11.4 Å². The van der Waals surface area contributed by atoms with Crippen molar-refractivity contribution >= 4 is 17.5 Å². The lowest BCUT2D eigenvalue weighted by atomic mass is 10.0. The normalized spacial score (nSPS) is 15.6.